The summed E-state index contributed by atoms with van der Waals surface area (Å²) in [5.74, 6) is 0.766. The van der Waals surface area contributed by atoms with E-state index in [1.807, 2.05) is 24.3 Å². The number of ether oxygens (including phenoxy) is 1. The third-order valence-electron chi connectivity index (χ3n) is 4.92. The molecule has 2 heterocycles. The van der Waals surface area contributed by atoms with Crippen molar-refractivity contribution >= 4 is 17.7 Å². The molecule has 3 aliphatic rings. The van der Waals surface area contributed by atoms with Gasteiger partial charge in [0.05, 0.1) is 17.7 Å². The predicted molar refractivity (Wildman–Crippen MR) is 95.6 cm³/mol. The number of hydrogen-bond donors (Lipinski definition) is 3. The number of nitrogens with two attached hydrogens (primary N) is 1. The third-order valence-corrected chi connectivity index (χ3v) is 4.92. The van der Waals surface area contributed by atoms with Crippen molar-refractivity contribution in [3.63, 3.8) is 0 Å². The molecule has 1 aromatic carbocycles. The molecule has 24 heavy (non-hydrogen) atoms. The van der Waals surface area contributed by atoms with E-state index < -0.39 is 0 Å². The van der Waals surface area contributed by atoms with E-state index in [0.717, 1.165) is 31.7 Å². The van der Waals surface area contributed by atoms with Crippen LogP contribution in [0.4, 0.5) is 5.69 Å². The molecule has 4 N–H and O–H groups in total. The van der Waals surface area contributed by atoms with Gasteiger partial charge in [0.25, 0.3) is 0 Å². The van der Waals surface area contributed by atoms with Gasteiger partial charge in [-0.2, -0.15) is 0 Å². The van der Waals surface area contributed by atoms with E-state index in [1.54, 1.807) is 6.34 Å². The number of allylic oxidation sites excluding steroid dienone is 1. The molecule has 1 saturated carbocycles. The average Bonchev–Trinajstić information content (AvgIpc) is 3.24. The molecule has 0 aromatic heterocycles. The van der Waals surface area contributed by atoms with Crippen molar-refractivity contribution in [2.24, 2.45) is 4.99 Å². The summed E-state index contributed by atoms with van der Waals surface area (Å²) >= 11 is 0. The fraction of sp³-hybridized carbons (Fsp3) is 0.444. The van der Waals surface area contributed by atoms with E-state index in [0.29, 0.717) is 22.7 Å². The molecule has 4 rings (SSSR count). The minimum atomic E-state index is -0.0512. The van der Waals surface area contributed by atoms with E-state index in [-0.39, 0.29) is 11.8 Å². The topological polar surface area (TPSA) is 86.7 Å². The highest BCUT2D eigenvalue weighted by Crippen LogP contribution is 2.40. The molecule has 0 spiro atoms. The Hall–Kier alpha value is -2.34. The Morgan fingerprint density at radius 3 is 2.88 bits per heavy atom. The van der Waals surface area contributed by atoms with E-state index in [4.69, 9.17) is 15.9 Å². The highest BCUT2D eigenvalue weighted by molar-refractivity contribution is 6.14. The smallest absolute Gasteiger partial charge is 0.120 e. The number of likely N-dealkylation sites (tertiary alicyclic amines) is 1. The quantitative estimate of drug-likeness (QED) is 0.572. The van der Waals surface area contributed by atoms with Gasteiger partial charge in [-0.05, 0) is 50.5 Å². The lowest BCUT2D eigenvalue weighted by atomic mass is 10.0. The second-order valence-electron chi connectivity index (χ2n) is 6.99. The summed E-state index contributed by atoms with van der Waals surface area (Å²) < 4.78 is 6.00. The van der Waals surface area contributed by atoms with Crippen LogP contribution in [-0.2, 0) is 0 Å². The van der Waals surface area contributed by atoms with Gasteiger partial charge in [-0.3, -0.25) is 10.3 Å². The molecular formula is C18H23N5O. The van der Waals surface area contributed by atoms with Crippen LogP contribution in [0, 0.1) is 5.41 Å². The maximum atomic E-state index is 8.55. The summed E-state index contributed by atoms with van der Waals surface area (Å²) in [7, 11) is 0. The van der Waals surface area contributed by atoms with E-state index in [2.05, 4.69) is 22.1 Å². The Morgan fingerprint density at radius 1 is 1.42 bits per heavy atom. The molecule has 1 atom stereocenters. The zero-order valence-electron chi connectivity index (χ0n) is 13.9. The van der Waals surface area contributed by atoms with Crippen LogP contribution in [-0.4, -0.2) is 41.8 Å². The first-order valence-electron chi connectivity index (χ1n) is 8.46. The molecule has 126 valence electrons. The summed E-state index contributed by atoms with van der Waals surface area (Å²) in [4.78, 5) is 6.65. The summed E-state index contributed by atoms with van der Waals surface area (Å²) in [6.07, 6.45) is 7.15. The standard InChI is InChI=1S/C18H23N5O/c1-18(5-6-18)24-12-3-4-14(19)13(9-12)17(20)15-10-16(22-11-21-15)23-7-2-8-23/h3-4,9-11,16,20H,2,5-8,19H2,1H3,(H,21,22). The van der Waals surface area contributed by atoms with Crippen molar-refractivity contribution in [1.29, 1.82) is 5.41 Å². The van der Waals surface area contributed by atoms with Crippen LogP contribution in [0.15, 0.2) is 35.0 Å². The Morgan fingerprint density at radius 2 is 2.21 bits per heavy atom. The maximum Gasteiger partial charge on any atom is 0.120 e. The van der Waals surface area contributed by atoms with Crippen LogP contribution >= 0.6 is 0 Å². The highest BCUT2D eigenvalue weighted by Gasteiger charge is 2.40. The number of anilines is 1. The van der Waals surface area contributed by atoms with Crippen molar-refractivity contribution < 1.29 is 4.74 Å². The van der Waals surface area contributed by atoms with Crippen molar-refractivity contribution in [3.05, 3.63) is 35.5 Å². The van der Waals surface area contributed by atoms with Crippen molar-refractivity contribution in [2.45, 2.75) is 38.0 Å². The Balaban J connectivity index is 1.57. The van der Waals surface area contributed by atoms with Gasteiger partial charge >= 0.3 is 0 Å². The lowest BCUT2D eigenvalue weighted by molar-refractivity contribution is 0.135. The molecule has 0 bridgehead atoms. The Labute approximate surface area is 141 Å². The molecule has 1 unspecified atom stereocenters. The van der Waals surface area contributed by atoms with Gasteiger partial charge < -0.3 is 15.8 Å². The van der Waals surface area contributed by atoms with Crippen molar-refractivity contribution in [2.75, 3.05) is 18.8 Å². The van der Waals surface area contributed by atoms with E-state index >= 15 is 0 Å². The molecule has 6 nitrogen and oxygen atoms in total. The average molecular weight is 325 g/mol. The molecule has 1 aliphatic carbocycles. The monoisotopic (exact) mass is 325 g/mol. The number of nitrogens with one attached hydrogen (secondary N) is 2. The van der Waals surface area contributed by atoms with Crippen molar-refractivity contribution in [1.82, 2.24) is 10.2 Å². The zero-order valence-corrected chi connectivity index (χ0v) is 13.9. The summed E-state index contributed by atoms with van der Waals surface area (Å²) in [6.45, 7) is 4.25. The maximum absolute atomic E-state index is 8.55. The van der Waals surface area contributed by atoms with Crippen LogP contribution in [0.1, 0.15) is 31.7 Å². The molecule has 0 radical (unpaired) electrons. The van der Waals surface area contributed by atoms with Gasteiger partial charge in [0, 0.05) is 24.3 Å². The lowest BCUT2D eigenvalue weighted by Crippen LogP contribution is -2.52. The fourth-order valence-corrected chi connectivity index (χ4v) is 2.92. The summed E-state index contributed by atoms with van der Waals surface area (Å²) in [5.41, 5.74) is 8.28. The molecule has 6 heteroatoms. The first kappa shape index (κ1) is 15.2. The molecular weight excluding hydrogens is 302 g/mol. The van der Waals surface area contributed by atoms with Crippen LogP contribution < -0.4 is 15.8 Å². The molecule has 2 fully saturated rings. The number of hydrogen-bond acceptors (Lipinski definition) is 6. The molecule has 1 saturated heterocycles. The van der Waals surface area contributed by atoms with Gasteiger partial charge in [-0.1, -0.05) is 0 Å². The number of nitrogen functional groups attached to an aromatic ring is 1. The van der Waals surface area contributed by atoms with Crippen molar-refractivity contribution in [3.8, 4) is 5.75 Å². The summed E-state index contributed by atoms with van der Waals surface area (Å²) in [5, 5.41) is 11.8. The Bertz CT molecular complexity index is 731. The van der Waals surface area contributed by atoms with Gasteiger partial charge in [0.2, 0.25) is 0 Å². The number of aliphatic imine (C=N–C) groups is 1. The fourth-order valence-electron chi connectivity index (χ4n) is 2.92. The second-order valence-corrected chi connectivity index (χ2v) is 6.99. The van der Waals surface area contributed by atoms with Crippen LogP contribution in [0.5, 0.6) is 5.75 Å². The Kier molecular flexibility index (Phi) is 3.57. The zero-order chi connectivity index (χ0) is 16.7. The van der Waals surface area contributed by atoms with Crippen LogP contribution in [0.3, 0.4) is 0 Å². The van der Waals surface area contributed by atoms with Crippen LogP contribution in [0.25, 0.3) is 0 Å². The number of rotatable bonds is 5. The molecule has 1 aromatic rings. The molecule has 0 amide bonds. The van der Waals surface area contributed by atoms with Crippen LogP contribution in [0.2, 0.25) is 0 Å². The minimum Gasteiger partial charge on any atom is -0.488 e. The largest absolute Gasteiger partial charge is 0.488 e. The first-order chi connectivity index (χ1) is 11.5. The van der Waals surface area contributed by atoms with Gasteiger partial charge in [-0.15, -0.1) is 0 Å². The number of benzene rings is 1. The number of nitrogens with zero attached hydrogens (tertiary/aromatic N) is 2. The van der Waals surface area contributed by atoms with Gasteiger partial charge in [0.1, 0.15) is 17.5 Å². The van der Waals surface area contributed by atoms with E-state index in [1.165, 1.54) is 6.42 Å². The third kappa shape index (κ3) is 2.89. The highest BCUT2D eigenvalue weighted by atomic mass is 16.5. The SMILES string of the molecule is CC1(Oc2ccc(N)c(C(=N)C3=CC(N4CCC4)NC=N3)c2)CC1. The lowest BCUT2D eigenvalue weighted by Gasteiger charge is -2.37. The summed E-state index contributed by atoms with van der Waals surface area (Å²) in [6, 6.07) is 5.54. The van der Waals surface area contributed by atoms with E-state index in [9.17, 15) is 0 Å². The predicted octanol–water partition coefficient (Wildman–Crippen LogP) is 2.12. The van der Waals surface area contributed by atoms with Gasteiger partial charge in [0.15, 0.2) is 0 Å². The normalized spacial score (nSPS) is 24.5. The molecule has 2 aliphatic heterocycles. The minimum absolute atomic E-state index is 0.0512. The van der Waals surface area contributed by atoms with Gasteiger partial charge in [-0.25, -0.2) is 4.99 Å². The second kappa shape index (κ2) is 5.63. The first-order valence-corrected chi connectivity index (χ1v) is 8.46.